The molecule has 1 aromatic carbocycles. The molecule has 0 unspecified atom stereocenters. The summed E-state index contributed by atoms with van der Waals surface area (Å²) in [7, 11) is 3.29. The Hall–Kier alpha value is -1.30. The zero-order valence-electron chi connectivity index (χ0n) is 13.3. The molecule has 0 aliphatic carbocycles. The molecule has 2 N–H and O–H groups in total. The van der Waals surface area contributed by atoms with Gasteiger partial charge in [0.15, 0.2) is 11.5 Å². The average Bonchev–Trinajstić information content (AvgIpc) is 2.46. The highest BCUT2D eigenvalue weighted by atomic mass is 16.5. The van der Waals surface area contributed by atoms with Crippen LogP contribution in [0.1, 0.15) is 25.5 Å². The maximum atomic E-state index is 6.03. The molecule has 0 bridgehead atoms. The number of rotatable bonds is 5. The van der Waals surface area contributed by atoms with Crippen LogP contribution in [0.15, 0.2) is 18.2 Å². The van der Waals surface area contributed by atoms with Crippen LogP contribution in [0.4, 0.5) is 0 Å². The molecular weight excluding hydrogens is 268 g/mol. The number of hydrogen-bond donors (Lipinski definition) is 1. The molecule has 1 heterocycles. The Kier molecular flexibility index (Phi) is 5.45. The van der Waals surface area contributed by atoms with Crippen molar-refractivity contribution in [2.45, 2.75) is 32.1 Å². The smallest absolute Gasteiger partial charge is 0.161 e. The number of morpholine rings is 1. The van der Waals surface area contributed by atoms with E-state index in [-0.39, 0.29) is 18.2 Å². The van der Waals surface area contributed by atoms with Gasteiger partial charge in [0, 0.05) is 25.7 Å². The predicted octanol–water partition coefficient (Wildman–Crippen LogP) is 1.81. The number of methoxy groups -OCH3 is 2. The number of benzene rings is 1. The Morgan fingerprint density at radius 3 is 2.33 bits per heavy atom. The summed E-state index contributed by atoms with van der Waals surface area (Å²) < 4.78 is 16.5. The van der Waals surface area contributed by atoms with E-state index < -0.39 is 0 Å². The Balaban J connectivity index is 2.24. The lowest BCUT2D eigenvalue weighted by Gasteiger charge is -2.40. The minimum absolute atomic E-state index is 0.165. The summed E-state index contributed by atoms with van der Waals surface area (Å²) in [5, 5.41) is 0. The number of nitrogens with two attached hydrogens (primary N) is 1. The first-order chi connectivity index (χ1) is 10.1. The topological polar surface area (TPSA) is 57.0 Å². The molecule has 2 rings (SSSR count). The standard InChI is InChI=1S/C16H26N2O3/c1-11-9-18(10-12(2)21-11)14(8-17)13-5-6-15(19-3)16(7-13)20-4/h5-7,11-12,14H,8-10,17H2,1-4H3/t11-,12-,14-/m0/s1. The second-order valence-electron chi connectivity index (χ2n) is 5.58. The highest BCUT2D eigenvalue weighted by Crippen LogP contribution is 2.32. The third kappa shape index (κ3) is 3.67. The molecule has 0 saturated carbocycles. The summed E-state index contributed by atoms with van der Waals surface area (Å²) in [4.78, 5) is 2.39. The van der Waals surface area contributed by atoms with E-state index in [9.17, 15) is 0 Å². The summed E-state index contributed by atoms with van der Waals surface area (Å²) >= 11 is 0. The molecule has 0 radical (unpaired) electrons. The summed E-state index contributed by atoms with van der Waals surface area (Å²) in [6.45, 7) is 6.55. The number of ether oxygens (including phenoxy) is 3. The van der Waals surface area contributed by atoms with E-state index >= 15 is 0 Å². The number of hydrogen-bond acceptors (Lipinski definition) is 5. The van der Waals surface area contributed by atoms with Crippen molar-refractivity contribution in [2.24, 2.45) is 5.73 Å². The van der Waals surface area contributed by atoms with Gasteiger partial charge in [-0.25, -0.2) is 0 Å². The van der Waals surface area contributed by atoms with E-state index in [0.29, 0.717) is 6.54 Å². The Labute approximate surface area is 127 Å². The monoisotopic (exact) mass is 294 g/mol. The lowest BCUT2D eigenvalue weighted by molar-refractivity contribution is -0.0799. The van der Waals surface area contributed by atoms with Crippen LogP contribution in [0, 0.1) is 0 Å². The third-order valence-electron chi connectivity index (χ3n) is 3.90. The largest absolute Gasteiger partial charge is 0.493 e. The molecule has 1 aliphatic rings. The Morgan fingerprint density at radius 1 is 1.19 bits per heavy atom. The number of nitrogens with zero attached hydrogens (tertiary/aromatic N) is 1. The molecule has 0 spiro atoms. The molecule has 1 fully saturated rings. The molecule has 3 atom stereocenters. The minimum atomic E-state index is 0.165. The van der Waals surface area contributed by atoms with Crippen molar-refractivity contribution in [1.82, 2.24) is 4.90 Å². The normalized spacial score (nSPS) is 24.6. The maximum Gasteiger partial charge on any atom is 0.161 e. The summed E-state index contributed by atoms with van der Waals surface area (Å²) in [6, 6.07) is 6.17. The van der Waals surface area contributed by atoms with Gasteiger partial charge >= 0.3 is 0 Å². The molecule has 1 saturated heterocycles. The molecule has 0 amide bonds. The fourth-order valence-corrected chi connectivity index (χ4v) is 3.03. The first-order valence-electron chi connectivity index (χ1n) is 7.40. The van der Waals surface area contributed by atoms with Crippen LogP contribution in [0.2, 0.25) is 0 Å². The second-order valence-corrected chi connectivity index (χ2v) is 5.58. The Morgan fingerprint density at radius 2 is 1.81 bits per heavy atom. The van der Waals surface area contributed by atoms with Gasteiger partial charge < -0.3 is 19.9 Å². The van der Waals surface area contributed by atoms with E-state index in [1.54, 1.807) is 14.2 Å². The average molecular weight is 294 g/mol. The Bertz CT molecular complexity index is 457. The van der Waals surface area contributed by atoms with E-state index in [2.05, 4.69) is 24.8 Å². The molecular formula is C16H26N2O3. The highest BCUT2D eigenvalue weighted by Gasteiger charge is 2.28. The molecule has 1 aromatic rings. The predicted molar refractivity (Wildman–Crippen MR) is 82.9 cm³/mol. The van der Waals surface area contributed by atoms with E-state index in [1.807, 2.05) is 12.1 Å². The van der Waals surface area contributed by atoms with Gasteiger partial charge in [-0.2, -0.15) is 0 Å². The third-order valence-corrected chi connectivity index (χ3v) is 3.90. The first-order valence-corrected chi connectivity index (χ1v) is 7.40. The van der Waals surface area contributed by atoms with Crippen molar-refractivity contribution in [2.75, 3.05) is 33.9 Å². The van der Waals surface area contributed by atoms with Gasteiger partial charge in [-0.15, -0.1) is 0 Å². The van der Waals surface area contributed by atoms with Crippen LogP contribution in [-0.4, -0.2) is 51.0 Å². The van der Waals surface area contributed by atoms with E-state index in [4.69, 9.17) is 19.9 Å². The van der Waals surface area contributed by atoms with Crippen LogP contribution < -0.4 is 15.2 Å². The SMILES string of the molecule is COc1ccc([C@H](CN)N2C[C@H](C)O[C@@H](C)C2)cc1OC. The molecule has 1 aliphatic heterocycles. The minimum Gasteiger partial charge on any atom is -0.493 e. The fourth-order valence-electron chi connectivity index (χ4n) is 3.03. The van der Waals surface area contributed by atoms with Gasteiger partial charge in [0.05, 0.1) is 26.4 Å². The van der Waals surface area contributed by atoms with E-state index in [0.717, 1.165) is 30.2 Å². The van der Waals surface area contributed by atoms with Gasteiger partial charge in [-0.05, 0) is 31.5 Å². The van der Waals surface area contributed by atoms with Crippen molar-refractivity contribution < 1.29 is 14.2 Å². The van der Waals surface area contributed by atoms with Gasteiger partial charge in [-0.1, -0.05) is 6.07 Å². The first kappa shape index (κ1) is 16.1. The summed E-state index contributed by atoms with van der Waals surface area (Å²) in [5.74, 6) is 1.48. The molecule has 21 heavy (non-hydrogen) atoms. The highest BCUT2D eigenvalue weighted by molar-refractivity contribution is 5.44. The van der Waals surface area contributed by atoms with E-state index in [1.165, 1.54) is 0 Å². The second kappa shape index (κ2) is 7.11. The van der Waals surface area contributed by atoms with Crippen molar-refractivity contribution in [3.63, 3.8) is 0 Å². The zero-order chi connectivity index (χ0) is 15.4. The quantitative estimate of drug-likeness (QED) is 0.897. The van der Waals surface area contributed by atoms with Crippen molar-refractivity contribution in [3.05, 3.63) is 23.8 Å². The van der Waals surface area contributed by atoms with Crippen LogP contribution >= 0.6 is 0 Å². The molecule has 118 valence electrons. The summed E-state index contributed by atoms with van der Waals surface area (Å²) in [5.41, 5.74) is 7.18. The van der Waals surface area contributed by atoms with Crippen LogP contribution in [-0.2, 0) is 4.74 Å². The van der Waals surface area contributed by atoms with Crippen LogP contribution in [0.5, 0.6) is 11.5 Å². The molecule has 0 aromatic heterocycles. The lowest BCUT2D eigenvalue weighted by atomic mass is 10.0. The van der Waals surface area contributed by atoms with Gasteiger partial charge in [0.1, 0.15) is 0 Å². The zero-order valence-corrected chi connectivity index (χ0v) is 13.3. The van der Waals surface area contributed by atoms with Crippen LogP contribution in [0.3, 0.4) is 0 Å². The van der Waals surface area contributed by atoms with Gasteiger partial charge in [0.2, 0.25) is 0 Å². The fraction of sp³-hybridized carbons (Fsp3) is 0.625. The van der Waals surface area contributed by atoms with Gasteiger partial charge in [0.25, 0.3) is 0 Å². The van der Waals surface area contributed by atoms with Crippen LogP contribution in [0.25, 0.3) is 0 Å². The van der Waals surface area contributed by atoms with Crippen molar-refractivity contribution in [3.8, 4) is 11.5 Å². The van der Waals surface area contributed by atoms with Gasteiger partial charge in [-0.3, -0.25) is 4.90 Å². The lowest BCUT2D eigenvalue weighted by Crippen LogP contribution is -2.48. The van der Waals surface area contributed by atoms with Crippen molar-refractivity contribution >= 4 is 0 Å². The van der Waals surface area contributed by atoms with Crippen molar-refractivity contribution in [1.29, 1.82) is 0 Å². The maximum absolute atomic E-state index is 6.03. The summed E-state index contributed by atoms with van der Waals surface area (Å²) in [6.07, 6.45) is 0.450. The molecule has 5 nitrogen and oxygen atoms in total. The molecule has 5 heteroatoms.